The van der Waals surface area contributed by atoms with Crippen LogP contribution in [0.25, 0.3) is 0 Å². The Morgan fingerprint density at radius 1 is 1.39 bits per heavy atom. The van der Waals surface area contributed by atoms with Crippen LogP contribution in [0, 0.1) is 0 Å². The Bertz CT molecular complexity index is 431. The molecule has 0 heterocycles. The molecule has 1 rings (SSSR count). The van der Waals surface area contributed by atoms with Crippen LogP contribution in [0.3, 0.4) is 0 Å². The van der Waals surface area contributed by atoms with E-state index in [1.165, 1.54) is 0 Å². The van der Waals surface area contributed by atoms with Crippen LogP contribution in [0.1, 0.15) is 22.8 Å². The zero-order valence-corrected chi connectivity index (χ0v) is 10.5. The van der Waals surface area contributed by atoms with Crippen molar-refractivity contribution in [3.8, 4) is 0 Å². The molecule has 0 saturated carbocycles. The van der Waals surface area contributed by atoms with Crippen LogP contribution in [0.2, 0.25) is 0 Å². The van der Waals surface area contributed by atoms with Gasteiger partial charge in [-0.15, -0.1) is 0 Å². The molecule has 18 heavy (non-hydrogen) atoms. The highest BCUT2D eigenvalue weighted by atomic mass is 16.5. The first-order valence-corrected chi connectivity index (χ1v) is 5.65. The Balaban J connectivity index is 2.75. The van der Waals surface area contributed by atoms with E-state index in [-0.39, 0.29) is 18.4 Å². The van der Waals surface area contributed by atoms with Gasteiger partial charge in [-0.1, -0.05) is 18.2 Å². The Hall–Kier alpha value is -1.88. The number of ether oxygens (including phenoxy) is 1. The first kappa shape index (κ1) is 14.2. The van der Waals surface area contributed by atoms with E-state index in [1.54, 1.807) is 31.4 Å². The number of rotatable bonds is 6. The molecule has 0 radical (unpaired) electrons. The third kappa shape index (κ3) is 4.18. The number of hydrogen-bond donors (Lipinski definition) is 2. The van der Waals surface area contributed by atoms with E-state index in [9.17, 15) is 9.59 Å². The van der Waals surface area contributed by atoms with Crippen molar-refractivity contribution in [1.29, 1.82) is 0 Å². The second-order valence-corrected chi connectivity index (χ2v) is 3.98. The lowest BCUT2D eigenvalue weighted by Crippen LogP contribution is -2.32. The van der Waals surface area contributed by atoms with Crippen LogP contribution >= 0.6 is 0 Å². The molecule has 0 spiro atoms. The summed E-state index contributed by atoms with van der Waals surface area (Å²) in [6.07, 6.45) is -0.246. The molecule has 0 saturated heterocycles. The van der Waals surface area contributed by atoms with Gasteiger partial charge in [0.1, 0.15) is 0 Å². The molecule has 1 atom stereocenters. The van der Waals surface area contributed by atoms with E-state index in [0.717, 1.165) is 0 Å². The summed E-state index contributed by atoms with van der Waals surface area (Å²) >= 11 is 0. The molecule has 0 aromatic heterocycles. The average molecular weight is 251 g/mol. The molecular formula is C13H17NO4. The van der Waals surface area contributed by atoms with Crippen molar-refractivity contribution < 1.29 is 19.4 Å². The van der Waals surface area contributed by atoms with Crippen molar-refractivity contribution in [3.63, 3.8) is 0 Å². The number of nitrogens with one attached hydrogen (secondary N) is 1. The molecule has 2 N–H and O–H groups in total. The summed E-state index contributed by atoms with van der Waals surface area (Å²) in [6.45, 7) is 2.22. The highest BCUT2D eigenvalue weighted by molar-refractivity contribution is 5.96. The fourth-order valence-corrected chi connectivity index (χ4v) is 1.47. The number of methoxy groups -OCH3 is 1. The number of benzene rings is 1. The smallest absolute Gasteiger partial charge is 0.307 e. The minimum Gasteiger partial charge on any atom is -0.481 e. The van der Waals surface area contributed by atoms with Gasteiger partial charge in [0.2, 0.25) is 0 Å². The summed E-state index contributed by atoms with van der Waals surface area (Å²) < 4.78 is 5.02. The van der Waals surface area contributed by atoms with E-state index in [0.29, 0.717) is 17.7 Å². The van der Waals surface area contributed by atoms with Crippen LogP contribution in [0.4, 0.5) is 0 Å². The molecule has 98 valence electrons. The predicted molar refractivity (Wildman–Crippen MR) is 66.6 cm³/mol. The van der Waals surface area contributed by atoms with Crippen molar-refractivity contribution in [2.75, 3.05) is 13.7 Å². The number of aliphatic carboxylic acids is 1. The lowest BCUT2D eigenvalue weighted by atomic mass is 10.0. The van der Waals surface area contributed by atoms with Gasteiger partial charge >= 0.3 is 5.97 Å². The first-order valence-electron chi connectivity index (χ1n) is 5.65. The third-order valence-corrected chi connectivity index (χ3v) is 2.56. The molecule has 1 unspecified atom stereocenters. The monoisotopic (exact) mass is 251 g/mol. The maximum atomic E-state index is 11.9. The van der Waals surface area contributed by atoms with Gasteiger partial charge in [-0.3, -0.25) is 9.59 Å². The van der Waals surface area contributed by atoms with Gasteiger partial charge < -0.3 is 15.2 Å². The number of carbonyl (C=O) groups is 2. The molecule has 1 amide bonds. The maximum absolute atomic E-state index is 11.9. The fourth-order valence-electron chi connectivity index (χ4n) is 1.47. The number of carboxylic acids is 1. The van der Waals surface area contributed by atoms with E-state index in [1.807, 2.05) is 6.92 Å². The molecule has 0 bridgehead atoms. The number of carboxylic acid groups (broad SMARTS) is 1. The second kappa shape index (κ2) is 6.76. The first-order chi connectivity index (χ1) is 8.54. The minimum atomic E-state index is -0.958. The van der Waals surface area contributed by atoms with Crippen molar-refractivity contribution in [3.05, 3.63) is 35.4 Å². The zero-order valence-electron chi connectivity index (χ0n) is 10.5. The number of hydrogen-bond acceptors (Lipinski definition) is 3. The molecule has 1 aromatic carbocycles. The summed E-state index contributed by atoms with van der Waals surface area (Å²) in [5.74, 6) is -1.24. The van der Waals surface area contributed by atoms with Crippen LogP contribution in [-0.2, 0) is 16.0 Å². The average Bonchev–Trinajstić information content (AvgIpc) is 2.35. The highest BCUT2D eigenvalue weighted by Crippen LogP contribution is 2.09. The van der Waals surface area contributed by atoms with E-state index >= 15 is 0 Å². The summed E-state index contributed by atoms with van der Waals surface area (Å²) in [7, 11) is 1.56. The number of carbonyl (C=O) groups excluding carboxylic acids is 1. The van der Waals surface area contributed by atoms with Crippen LogP contribution in [0.5, 0.6) is 0 Å². The van der Waals surface area contributed by atoms with Crippen LogP contribution in [-0.4, -0.2) is 36.7 Å². The summed E-state index contributed by atoms with van der Waals surface area (Å²) in [5, 5.41) is 11.5. The van der Waals surface area contributed by atoms with Crippen LogP contribution < -0.4 is 5.32 Å². The molecule has 0 aliphatic rings. The summed E-state index contributed by atoms with van der Waals surface area (Å²) in [5.41, 5.74) is 0.899. The molecule has 0 aliphatic carbocycles. The van der Waals surface area contributed by atoms with Gasteiger partial charge in [0, 0.05) is 19.2 Å². The molecule has 0 fully saturated rings. The second-order valence-electron chi connectivity index (χ2n) is 3.98. The minimum absolute atomic E-state index is 0.0828. The Morgan fingerprint density at radius 3 is 2.67 bits per heavy atom. The van der Waals surface area contributed by atoms with Crippen molar-refractivity contribution in [2.24, 2.45) is 0 Å². The fraction of sp³-hybridized carbons (Fsp3) is 0.385. The normalized spacial score (nSPS) is 11.9. The molecule has 5 heteroatoms. The molecule has 0 aliphatic heterocycles. The number of amides is 1. The van der Waals surface area contributed by atoms with Gasteiger partial charge in [0.05, 0.1) is 12.5 Å². The topological polar surface area (TPSA) is 75.6 Å². The Morgan fingerprint density at radius 2 is 2.06 bits per heavy atom. The van der Waals surface area contributed by atoms with E-state index < -0.39 is 5.97 Å². The van der Waals surface area contributed by atoms with Gasteiger partial charge in [0.15, 0.2) is 0 Å². The summed E-state index contributed by atoms with van der Waals surface area (Å²) in [4.78, 5) is 22.6. The van der Waals surface area contributed by atoms with Gasteiger partial charge in [0.25, 0.3) is 5.91 Å². The summed E-state index contributed by atoms with van der Waals surface area (Å²) in [6, 6.07) is 6.68. The largest absolute Gasteiger partial charge is 0.481 e. The highest BCUT2D eigenvalue weighted by Gasteiger charge is 2.13. The Labute approximate surface area is 106 Å². The lowest BCUT2D eigenvalue weighted by Gasteiger charge is -2.12. The Kier molecular flexibility index (Phi) is 5.32. The standard InChI is InChI=1S/C13H17NO4/c1-9(18-2)8-14-13(17)11-6-4-3-5-10(11)7-12(15)16/h3-6,9H,7-8H2,1-2H3,(H,14,17)(H,15,16). The lowest BCUT2D eigenvalue weighted by molar-refractivity contribution is -0.136. The van der Waals surface area contributed by atoms with Gasteiger partial charge in [-0.05, 0) is 18.6 Å². The predicted octanol–water partition coefficient (Wildman–Crippen LogP) is 1.08. The SMILES string of the molecule is COC(C)CNC(=O)c1ccccc1CC(=O)O. The molecule has 5 nitrogen and oxygen atoms in total. The maximum Gasteiger partial charge on any atom is 0.307 e. The van der Waals surface area contributed by atoms with Crippen molar-refractivity contribution in [2.45, 2.75) is 19.4 Å². The van der Waals surface area contributed by atoms with Gasteiger partial charge in [-0.2, -0.15) is 0 Å². The molecule has 1 aromatic rings. The van der Waals surface area contributed by atoms with Gasteiger partial charge in [-0.25, -0.2) is 0 Å². The van der Waals surface area contributed by atoms with E-state index in [4.69, 9.17) is 9.84 Å². The van der Waals surface area contributed by atoms with Crippen molar-refractivity contribution >= 4 is 11.9 Å². The third-order valence-electron chi connectivity index (χ3n) is 2.56. The van der Waals surface area contributed by atoms with Crippen molar-refractivity contribution in [1.82, 2.24) is 5.32 Å². The van der Waals surface area contributed by atoms with Crippen LogP contribution in [0.15, 0.2) is 24.3 Å². The quantitative estimate of drug-likeness (QED) is 0.793. The zero-order chi connectivity index (χ0) is 13.5. The van der Waals surface area contributed by atoms with E-state index in [2.05, 4.69) is 5.32 Å². The molecular weight excluding hydrogens is 234 g/mol.